The van der Waals surface area contributed by atoms with E-state index in [1.54, 1.807) is 11.0 Å². The van der Waals surface area contributed by atoms with Crippen LogP contribution in [0, 0.1) is 0 Å². The van der Waals surface area contributed by atoms with Crippen molar-refractivity contribution in [2.75, 3.05) is 13.1 Å². The molecule has 0 unspecified atom stereocenters. The van der Waals surface area contributed by atoms with Gasteiger partial charge in [-0.15, -0.1) is 12.4 Å². The number of carbonyl (C=O) groups excluding carboxylic acids is 1. The number of rotatable bonds is 3. The predicted molar refractivity (Wildman–Crippen MR) is 90.9 cm³/mol. The molecule has 23 heavy (non-hydrogen) atoms. The zero-order chi connectivity index (χ0) is 15.7. The summed E-state index contributed by atoms with van der Waals surface area (Å²) in [6.07, 6.45) is 0. The minimum Gasteiger partial charge on any atom is -0.351 e. The molecule has 0 spiro atoms. The Morgan fingerprint density at radius 2 is 2.00 bits per heavy atom. The Labute approximate surface area is 142 Å². The first-order valence-corrected chi connectivity index (χ1v) is 7.62. The molecule has 3 rings (SSSR count). The smallest absolute Gasteiger partial charge is 0.292 e. The molecular weight excluding hydrogens is 314 g/mol. The molecule has 1 aromatic carbocycles. The number of nitrogens with zero attached hydrogens (tertiary/aromatic N) is 2. The minimum atomic E-state index is -0.131. The molecule has 2 aromatic rings. The molecule has 2 atom stereocenters. The molecule has 6 heteroatoms. The van der Waals surface area contributed by atoms with Crippen LogP contribution in [0.3, 0.4) is 0 Å². The van der Waals surface area contributed by atoms with Gasteiger partial charge in [-0.3, -0.25) is 4.79 Å². The number of likely N-dealkylation sites (tertiary alicyclic amines) is 1. The normalized spacial score (nSPS) is 20.6. The first-order chi connectivity index (χ1) is 10.6. The molecule has 0 radical (unpaired) electrons. The van der Waals surface area contributed by atoms with Crippen LogP contribution in [0.5, 0.6) is 0 Å². The van der Waals surface area contributed by atoms with Crippen molar-refractivity contribution in [2.45, 2.75) is 31.7 Å². The number of benzene rings is 1. The van der Waals surface area contributed by atoms with E-state index in [-0.39, 0.29) is 36.2 Å². The van der Waals surface area contributed by atoms with E-state index in [1.807, 2.05) is 32.0 Å². The lowest BCUT2D eigenvalue weighted by atomic mass is 9.95. The van der Waals surface area contributed by atoms with Crippen molar-refractivity contribution < 1.29 is 9.32 Å². The average Bonchev–Trinajstić information content (AvgIpc) is 3.14. The van der Waals surface area contributed by atoms with E-state index in [1.165, 1.54) is 5.56 Å². The van der Waals surface area contributed by atoms with Crippen molar-refractivity contribution >= 4 is 18.3 Å². The van der Waals surface area contributed by atoms with Crippen molar-refractivity contribution in [3.8, 4) is 0 Å². The molecule has 0 bridgehead atoms. The van der Waals surface area contributed by atoms with E-state index < -0.39 is 0 Å². The summed E-state index contributed by atoms with van der Waals surface area (Å²) < 4.78 is 5.19. The monoisotopic (exact) mass is 335 g/mol. The second kappa shape index (κ2) is 7.15. The van der Waals surface area contributed by atoms with Gasteiger partial charge >= 0.3 is 0 Å². The van der Waals surface area contributed by atoms with E-state index in [0.29, 0.717) is 18.8 Å². The van der Waals surface area contributed by atoms with Gasteiger partial charge in [-0.1, -0.05) is 49.3 Å². The third kappa shape index (κ3) is 3.57. The van der Waals surface area contributed by atoms with Gasteiger partial charge in [0.25, 0.3) is 5.91 Å². The van der Waals surface area contributed by atoms with E-state index in [2.05, 4.69) is 17.3 Å². The predicted octanol–water partition coefficient (Wildman–Crippen LogP) is 2.79. The fourth-order valence-corrected chi connectivity index (χ4v) is 2.87. The highest BCUT2D eigenvalue weighted by Gasteiger charge is 2.35. The van der Waals surface area contributed by atoms with Crippen molar-refractivity contribution in [3.05, 3.63) is 53.4 Å². The van der Waals surface area contributed by atoms with Crippen LogP contribution in [0.1, 0.15) is 47.5 Å². The molecule has 1 saturated heterocycles. The number of hydrogen-bond donors (Lipinski definition) is 1. The van der Waals surface area contributed by atoms with E-state index >= 15 is 0 Å². The molecule has 1 amide bonds. The maximum Gasteiger partial charge on any atom is 0.292 e. The van der Waals surface area contributed by atoms with Gasteiger partial charge < -0.3 is 15.2 Å². The number of hydrogen-bond acceptors (Lipinski definition) is 4. The first kappa shape index (κ1) is 17.5. The Balaban J connectivity index is 0.00000192. The van der Waals surface area contributed by atoms with Crippen molar-refractivity contribution in [1.82, 2.24) is 10.1 Å². The van der Waals surface area contributed by atoms with E-state index in [4.69, 9.17) is 10.3 Å². The average molecular weight is 336 g/mol. The molecule has 0 saturated carbocycles. The summed E-state index contributed by atoms with van der Waals surface area (Å²) in [4.78, 5) is 14.3. The highest BCUT2D eigenvalue weighted by molar-refractivity contribution is 5.91. The molecule has 1 fully saturated rings. The zero-order valence-corrected chi connectivity index (χ0v) is 14.1. The lowest BCUT2D eigenvalue weighted by Crippen LogP contribution is -2.32. The number of halogens is 1. The van der Waals surface area contributed by atoms with Gasteiger partial charge in [0.2, 0.25) is 5.76 Å². The topological polar surface area (TPSA) is 72.4 Å². The highest BCUT2D eigenvalue weighted by atomic mass is 35.5. The van der Waals surface area contributed by atoms with Crippen LogP contribution in [-0.2, 0) is 0 Å². The summed E-state index contributed by atoms with van der Waals surface area (Å²) in [6.45, 7) is 5.18. The second-order valence-electron chi connectivity index (χ2n) is 6.16. The van der Waals surface area contributed by atoms with Crippen LogP contribution < -0.4 is 5.73 Å². The summed E-state index contributed by atoms with van der Waals surface area (Å²) in [5, 5.41) is 3.95. The first-order valence-electron chi connectivity index (χ1n) is 7.62. The molecular formula is C17H22ClN3O2. The van der Waals surface area contributed by atoms with Crippen LogP contribution in [0.4, 0.5) is 0 Å². The fraction of sp³-hybridized carbons (Fsp3) is 0.412. The summed E-state index contributed by atoms with van der Waals surface area (Å²) in [5.74, 6) is 0.568. The molecule has 2 N–H and O–H groups in total. The fourth-order valence-electron chi connectivity index (χ4n) is 2.87. The highest BCUT2D eigenvalue weighted by Crippen LogP contribution is 2.27. The Morgan fingerprint density at radius 1 is 1.30 bits per heavy atom. The van der Waals surface area contributed by atoms with Gasteiger partial charge in [-0.25, -0.2) is 0 Å². The Morgan fingerprint density at radius 3 is 2.61 bits per heavy atom. The molecule has 5 nitrogen and oxygen atoms in total. The maximum atomic E-state index is 12.5. The lowest BCUT2D eigenvalue weighted by Gasteiger charge is -2.14. The van der Waals surface area contributed by atoms with Gasteiger partial charge in [-0.05, 0) is 11.5 Å². The summed E-state index contributed by atoms with van der Waals surface area (Å²) in [5.41, 5.74) is 8.20. The number of nitrogens with two attached hydrogens (primary N) is 1. The van der Waals surface area contributed by atoms with E-state index in [0.717, 1.165) is 5.69 Å². The molecule has 0 aliphatic carbocycles. The van der Waals surface area contributed by atoms with Crippen LogP contribution in [-0.4, -0.2) is 35.1 Å². The number of carbonyl (C=O) groups is 1. The van der Waals surface area contributed by atoms with Crippen molar-refractivity contribution in [2.24, 2.45) is 5.73 Å². The minimum absolute atomic E-state index is 0. The molecule has 1 aliphatic rings. The van der Waals surface area contributed by atoms with Gasteiger partial charge in [0.1, 0.15) is 0 Å². The van der Waals surface area contributed by atoms with Gasteiger partial charge in [0.05, 0.1) is 5.69 Å². The van der Waals surface area contributed by atoms with Gasteiger partial charge in [0.15, 0.2) is 0 Å². The lowest BCUT2D eigenvalue weighted by molar-refractivity contribution is 0.0747. The molecule has 1 aromatic heterocycles. The van der Waals surface area contributed by atoms with Gasteiger partial charge in [0, 0.05) is 31.1 Å². The molecule has 124 valence electrons. The molecule has 2 heterocycles. The standard InChI is InChI=1S/C17H21N3O2.ClH/c1-11(2)15-8-16(22-19-15)17(21)20-9-13(14(18)10-20)12-6-4-3-5-7-12;/h3-8,11,13-14H,9-10,18H2,1-2H3;1H/t13-,14+;/m0./s1. The third-order valence-corrected chi connectivity index (χ3v) is 4.21. The number of aromatic nitrogens is 1. The largest absolute Gasteiger partial charge is 0.351 e. The number of amides is 1. The summed E-state index contributed by atoms with van der Waals surface area (Å²) in [6, 6.07) is 11.8. The van der Waals surface area contributed by atoms with Crippen LogP contribution in [0.15, 0.2) is 40.9 Å². The Hall–Kier alpha value is -1.85. The SMILES string of the molecule is CC(C)c1cc(C(=O)N2C[C@@H](N)[C@H](c3ccccc3)C2)on1.Cl. The van der Waals surface area contributed by atoms with Crippen LogP contribution in [0.25, 0.3) is 0 Å². The van der Waals surface area contributed by atoms with Crippen LogP contribution in [0.2, 0.25) is 0 Å². The second-order valence-corrected chi connectivity index (χ2v) is 6.16. The molecule has 1 aliphatic heterocycles. The Bertz CT molecular complexity index is 657. The van der Waals surface area contributed by atoms with Gasteiger partial charge in [-0.2, -0.15) is 0 Å². The van der Waals surface area contributed by atoms with Crippen molar-refractivity contribution in [1.29, 1.82) is 0 Å². The third-order valence-electron chi connectivity index (χ3n) is 4.21. The van der Waals surface area contributed by atoms with Crippen LogP contribution >= 0.6 is 12.4 Å². The maximum absolute atomic E-state index is 12.5. The summed E-state index contributed by atoms with van der Waals surface area (Å²) in [7, 11) is 0. The quantitative estimate of drug-likeness (QED) is 0.936. The summed E-state index contributed by atoms with van der Waals surface area (Å²) >= 11 is 0. The van der Waals surface area contributed by atoms with E-state index in [9.17, 15) is 4.79 Å². The zero-order valence-electron chi connectivity index (χ0n) is 13.3. The van der Waals surface area contributed by atoms with Crippen molar-refractivity contribution in [3.63, 3.8) is 0 Å². The Kier molecular flexibility index (Phi) is 5.44.